The van der Waals surface area contributed by atoms with Crippen molar-refractivity contribution in [1.82, 2.24) is 15.0 Å². The highest BCUT2D eigenvalue weighted by Crippen LogP contribution is 2.55. The van der Waals surface area contributed by atoms with Crippen molar-refractivity contribution in [3.05, 3.63) is 138 Å². The van der Waals surface area contributed by atoms with Crippen LogP contribution in [0.4, 0.5) is 0 Å². The van der Waals surface area contributed by atoms with Crippen molar-refractivity contribution in [3.8, 4) is 62.5 Å². The molecule has 0 radical (unpaired) electrons. The van der Waals surface area contributed by atoms with Gasteiger partial charge in [0.05, 0.1) is 11.6 Å². The standard InChI is InChI=1S/C56H58N4/c1-36-23-41-24-37(2)30-55(29-36,33-41)48-18-13-44(14-19-48)52-58-53(45-15-20-49(21-16-45)56-31-38(3)25-42(34-56)26-39(4)32-56)60-54(59-52)50-22-17-47(46-12-8-9-40(27-46)35-57)28-51(50)43-10-6-5-7-11-43/h5-22,27-28,36-39,41-42H,23-26,29-34H2,1-4H3/t36-,37+,38-,39+,41?,42?,55?,56?. The number of nitrogens with zero attached hydrogens (tertiary/aromatic N) is 4. The van der Waals surface area contributed by atoms with Crippen LogP contribution in [0.1, 0.15) is 109 Å². The maximum absolute atomic E-state index is 9.68. The topological polar surface area (TPSA) is 62.5 Å². The number of hydrogen-bond donors (Lipinski definition) is 0. The van der Waals surface area contributed by atoms with E-state index in [1.54, 1.807) is 0 Å². The van der Waals surface area contributed by atoms with E-state index in [2.05, 4.69) is 137 Å². The molecule has 4 nitrogen and oxygen atoms in total. The average Bonchev–Trinajstić information content (AvgIpc) is 3.25. The van der Waals surface area contributed by atoms with Crippen LogP contribution >= 0.6 is 0 Å². The highest BCUT2D eigenvalue weighted by Gasteiger charge is 2.46. The van der Waals surface area contributed by atoms with Gasteiger partial charge in [-0.2, -0.15) is 5.26 Å². The summed E-state index contributed by atoms with van der Waals surface area (Å²) in [6.45, 7) is 9.86. The van der Waals surface area contributed by atoms with E-state index in [9.17, 15) is 5.26 Å². The summed E-state index contributed by atoms with van der Waals surface area (Å²) in [6.07, 6.45) is 13.2. The van der Waals surface area contributed by atoms with Crippen LogP contribution in [-0.4, -0.2) is 15.0 Å². The number of nitriles is 1. The lowest BCUT2D eigenvalue weighted by atomic mass is 9.54. The van der Waals surface area contributed by atoms with Crippen molar-refractivity contribution < 1.29 is 0 Å². The number of hydrogen-bond acceptors (Lipinski definition) is 4. The largest absolute Gasteiger partial charge is 0.208 e. The van der Waals surface area contributed by atoms with E-state index in [-0.39, 0.29) is 10.8 Å². The van der Waals surface area contributed by atoms with E-state index in [4.69, 9.17) is 15.0 Å². The second-order valence-electron chi connectivity index (χ2n) is 20.2. The predicted octanol–water partition coefficient (Wildman–Crippen LogP) is 14.3. The Labute approximate surface area is 357 Å². The molecule has 0 saturated heterocycles. The van der Waals surface area contributed by atoms with Crippen LogP contribution in [0.5, 0.6) is 0 Å². The molecule has 4 unspecified atom stereocenters. The van der Waals surface area contributed by atoms with Gasteiger partial charge in [-0.05, 0) is 168 Å². The Balaban J connectivity index is 1.09. The molecule has 1 heterocycles. The molecule has 4 saturated carbocycles. The van der Waals surface area contributed by atoms with Crippen molar-refractivity contribution >= 4 is 0 Å². The number of benzene rings is 5. The van der Waals surface area contributed by atoms with Gasteiger partial charge < -0.3 is 0 Å². The molecular weight excluding hydrogens is 729 g/mol. The summed E-state index contributed by atoms with van der Waals surface area (Å²) in [4.78, 5) is 15.9. The molecule has 302 valence electrons. The Hall–Kier alpha value is -5.40. The van der Waals surface area contributed by atoms with Crippen LogP contribution in [0.15, 0.2) is 121 Å². The first-order valence-electron chi connectivity index (χ1n) is 22.8. The maximum Gasteiger partial charge on any atom is 0.164 e. The lowest BCUT2D eigenvalue weighted by Crippen LogP contribution is -2.42. The fourth-order valence-electron chi connectivity index (χ4n) is 13.4. The lowest BCUT2D eigenvalue weighted by Gasteiger charge is -2.50. The molecule has 1 aromatic heterocycles. The van der Waals surface area contributed by atoms with Gasteiger partial charge in [-0.3, -0.25) is 0 Å². The minimum atomic E-state index is 0.264. The summed E-state index contributed by atoms with van der Waals surface area (Å²) in [7, 11) is 0. The molecule has 4 aliphatic carbocycles. The SMILES string of the molecule is C[C@@H]1CC2C[C@H](C)CC(c3ccc(-c4nc(-c5ccc(C67CC(C[C@@H](C)C6)C[C@H](C)C7)cc5)nc(-c5ccc(-c6cccc(C#N)c6)cc5-c5ccccc5)n4)cc3)(C2)C1. The molecule has 0 N–H and O–H groups in total. The van der Waals surface area contributed by atoms with Gasteiger partial charge in [-0.25, -0.2) is 15.0 Å². The minimum Gasteiger partial charge on any atom is -0.208 e. The van der Waals surface area contributed by atoms with Crippen LogP contribution in [0.2, 0.25) is 0 Å². The molecule has 5 aromatic carbocycles. The summed E-state index contributed by atoms with van der Waals surface area (Å²) in [5, 5.41) is 9.68. The smallest absolute Gasteiger partial charge is 0.164 e. The van der Waals surface area contributed by atoms with Gasteiger partial charge in [-0.15, -0.1) is 0 Å². The lowest BCUT2D eigenvalue weighted by molar-refractivity contribution is 0.0779. The van der Waals surface area contributed by atoms with E-state index in [1.807, 2.05) is 18.2 Å². The quantitative estimate of drug-likeness (QED) is 0.162. The normalized spacial score (nSPS) is 28.4. The van der Waals surface area contributed by atoms with Gasteiger partial charge in [0.2, 0.25) is 0 Å². The van der Waals surface area contributed by atoms with E-state index in [1.165, 1.54) is 75.3 Å². The fraction of sp³-hybridized carbons (Fsp3) is 0.393. The maximum atomic E-state index is 9.68. The first kappa shape index (κ1) is 38.8. The Morgan fingerprint density at radius 2 is 0.883 bits per heavy atom. The minimum absolute atomic E-state index is 0.264. The van der Waals surface area contributed by atoms with Crippen LogP contribution in [0.25, 0.3) is 56.4 Å². The van der Waals surface area contributed by atoms with E-state index in [0.717, 1.165) is 74.5 Å². The Morgan fingerprint density at radius 1 is 0.433 bits per heavy atom. The van der Waals surface area contributed by atoms with Crippen LogP contribution in [0, 0.1) is 46.8 Å². The third-order valence-electron chi connectivity index (χ3n) is 15.1. The first-order chi connectivity index (χ1) is 29.1. The second-order valence-corrected chi connectivity index (χ2v) is 20.2. The highest BCUT2D eigenvalue weighted by atomic mass is 15.0. The zero-order valence-electron chi connectivity index (χ0n) is 35.9. The molecule has 6 aromatic rings. The fourth-order valence-corrected chi connectivity index (χ4v) is 13.4. The van der Waals surface area contributed by atoms with E-state index in [0.29, 0.717) is 23.0 Å². The van der Waals surface area contributed by atoms with Gasteiger partial charge in [0.1, 0.15) is 0 Å². The summed E-state index contributed by atoms with van der Waals surface area (Å²) in [5.74, 6) is 6.78. The summed E-state index contributed by atoms with van der Waals surface area (Å²) < 4.78 is 0. The summed E-state index contributed by atoms with van der Waals surface area (Å²) in [5.41, 5.74) is 11.3. The van der Waals surface area contributed by atoms with Gasteiger partial charge in [0.15, 0.2) is 17.5 Å². The van der Waals surface area contributed by atoms with E-state index >= 15 is 0 Å². The molecule has 4 fully saturated rings. The Bertz CT molecular complexity index is 2410. The zero-order valence-corrected chi connectivity index (χ0v) is 35.9. The van der Waals surface area contributed by atoms with Crippen molar-refractivity contribution in [2.45, 2.75) is 103 Å². The van der Waals surface area contributed by atoms with Crippen molar-refractivity contribution in [3.63, 3.8) is 0 Å². The molecule has 10 rings (SSSR count). The number of fused-ring (bicyclic) bond motifs is 4. The van der Waals surface area contributed by atoms with Crippen LogP contribution in [0.3, 0.4) is 0 Å². The summed E-state index contributed by atoms with van der Waals surface area (Å²) >= 11 is 0. The van der Waals surface area contributed by atoms with Crippen molar-refractivity contribution in [1.29, 1.82) is 5.26 Å². The molecule has 60 heavy (non-hydrogen) atoms. The summed E-state index contributed by atoms with van der Waals surface area (Å²) in [6, 6.07) is 45.8. The molecule has 4 aliphatic rings. The highest BCUT2D eigenvalue weighted by molar-refractivity contribution is 5.86. The molecule has 0 aliphatic heterocycles. The molecule has 0 amide bonds. The Morgan fingerprint density at radius 3 is 1.38 bits per heavy atom. The third kappa shape index (κ3) is 7.40. The first-order valence-corrected chi connectivity index (χ1v) is 22.8. The molecular formula is C56H58N4. The van der Waals surface area contributed by atoms with Crippen LogP contribution < -0.4 is 0 Å². The number of rotatable bonds is 7. The van der Waals surface area contributed by atoms with Gasteiger partial charge in [-0.1, -0.05) is 125 Å². The van der Waals surface area contributed by atoms with Crippen molar-refractivity contribution in [2.75, 3.05) is 0 Å². The van der Waals surface area contributed by atoms with Crippen molar-refractivity contribution in [2.24, 2.45) is 35.5 Å². The number of aromatic nitrogens is 3. The Kier molecular flexibility index (Phi) is 10.1. The molecule has 0 spiro atoms. The predicted molar refractivity (Wildman–Crippen MR) is 245 cm³/mol. The van der Waals surface area contributed by atoms with Crippen LogP contribution in [-0.2, 0) is 10.8 Å². The van der Waals surface area contributed by atoms with Gasteiger partial charge in [0, 0.05) is 16.7 Å². The zero-order chi connectivity index (χ0) is 41.0. The molecule has 4 heteroatoms. The van der Waals surface area contributed by atoms with Gasteiger partial charge >= 0.3 is 0 Å². The van der Waals surface area contributed by atoms with E-state index < -0.39 is 0 Å². The third-order valence-corrected chi connectivity index (χ3v) is 15.1. The molecule has 4 bridgehead atoms. The second kappa shape index (κ2) is 15.6. The van der Waals surface area contributed by atoms with Gasteiger partial charge in [0.25, 0.3) is 0 Å². The molecule has 8 atom stereocenters. The average molecular weight is 787 g/mol. The monoisotopic (exact) mass is 786 g/mol.